The summed E-state index contributed by atoms with van der Waals surface area (Å²) in [5, 5.41) is 11.0. The zero-order valence-corrected chi connectivity index (χ0v) is 11.2. The van der Waals surface area contributed by atoms with Gasteiger partial charge in [-0.2, -0.15) is 0 Å². The second-order valence-corrected chi connectivity index (χ2v) is 4.42. The first-order chi connectivity index (χ1) is 8.97. The van der Waals surface area contributed by atoms with E-state index in [4.69, 9.17) is 9.84 Å². The minimum atomic E-state index is -0.924. The Morgan fingerprint density at radius 3 is 2.37 bits per heavy atom. The number of carbonyl (C=O) groups excluding carboxylic acids is 1. The second-order valence-electron chi connectivity index (χ2n) is 4.42. The number of benzene rings is 1. The number of nitrogens with one attached hydrogen (secondary N) is 1. The van der Waals surface area contributed by atoms with E-state index in [1.54, 1.807) is 0 Å². The molecule has 2 N–H and O–H groups in total. The van der Waals surface area contributed by atoms with E-state index in [0.717, 1.165) is 16.9 Å². The number of amides is 1. The third-order valence-electron chi connectivity index (χ3n) is 2.45. The lowest BCUT2D eigenvalue weighted by molar-refractivity contribution is -0.136. The molecule has 0 saturated heterocycles. The van der Waals surface area contributed by atoms with Crippen LogP contribution >= 0.6 is 0 Å². The standard InChI is InChI=1S/C14H19NO4/c1-10-7-11(2)9-12(8-10)19-6-4-13(16)15-5-3-14(17)18/h7-9H,3-6H2,1-2H3,(H,15,16)(H,17,18). The van der Waals surface area contributed by atoms with Crippen LogP contribution in [0.5, 0.6) is 5.75 Å². The number of hydrogen-bond donors (Lipinski definition) is 2. The molecule has 0 fully saturated rings. The summed E-state index contributed by atoms with van der Waals surface area (Å²) in [5.74, 6) is -0.381. The van der Waals surface area contributed by atoms with Gasteiger partial charge in [-0.05, 0) is 37.1 Å². The van der Waals surface area contributed by atoms with Crippen molar-refractivity contribution in [2.45, 2.75) is 26.7 Å². The highest BCUT2D eigenvalue weighted by molar-refractivity contribution is 5.76. The van der Waals surface area contributed by atoms with Gasteiger partial charge in [0.15, 0.2) is 0 Å². The average Bonchev–Trinajstić information content (AvgIpc) is 2.27. The van der Waals surface area contributed by atoms with Gasteiger partial charge in [-0.25, -0.2) is 0 Å². The van der Waals surface area contributed by atoms with Gasteiger partial charge in [0, 0.05) is 6.54 Å². The number of hydrogen-bond acceptors (Lipinski definition) is 3. The molecular formula is C14H19NO4. The van der Waals surface area contributed by atoms with Crippen LogP contribution in [0.15, 0.2) is 18.2 Å². The first-order valence-electron chi connectivity index (χ1n) is 6.17. The highest BCUT2D eigenvalue weighted by Crippen LogP contribution is 2.16. The molecule has 0 atom stereocenters. The van der Waals surface area contributed by atoms with Crippen molar-refractivity contribution in [2.24, 2.45) is 0 Å². The summed E-state index contributed by atoms with van der Waals surface area (Å²) in [5.41, 5.74) is 2.22. The summed E-state index contributed by atoms with van der Waals surface area (Å²) in [6.45, 7) is 4.40. The smallest absolute Gasteiger partial charge is 0.305 e. The minimum absolute atomic E-state index is 0.0658. The molecule has 19 heavy (non-hydrogen) atoms. The molecule has 1 aromatic rings. The van der Waals surface area contributed by atoms with Crippen LogP contribution < -0.4 is 10.1 Å². The minimum Gasteiger partial charge on any atom is -0.493 e. The van der Waals surface area contributed by atoms with Gasteiger partial charge < -0.3 is 15.2 Å². The summed E-state index contributed by atoms with van der Waals surface area (Å²) < 4.78 is 5.49. The van der Waals surface area contributed by atoms with Gasteiger partial charge >= 0.3 is 5.97 Å². The number of carboxylic acid groups (broad SMARTS) is 1. The topological polar surface area (TPSA) is 75.6 Å². The average molecular weight is 265 g/mol. The lowest BCUT2D eigenvalue weighted by Gasteiger charge is -2.08. The Kier molecular flexibility index (Phi) is 5.85. The van der Waals surface area contributed by atoms with E-state index in [-0.39, 0.29) is 31.9 Å². The Bertz CT molecular complexity index is 437. The fourth-order valence-electron chi connectivity index (χ4n) is 1.68. The first-order valence-corrected chi connectivity index (χ1v) is 6.17. The van der Waals surface area contributed by atoms with E-state index in [9.17, 15) is 9.59 Å². The molecule has 0 heterocycles. The van der Waals surface area contributed by atoms with Crippen molar-refractivity contribution in [1.82, 2.24) is 5.32 Å². The van der Waals surface area contributed by atoms with E-state index in [2.05, 4.69) is 5.32 Å². The maximum atomic E-state index is 11.4. The van der Waals surface area contributed by atoms with E-state index in [1.807, 2.05) is 32.0 Å². The molecule has 0 aromatic heterocycles. The summed E-state index contributed by atoms with van der Waals surface area (Å²) in [6.07, 6.45) is 0.149. The van der Waals surface area contributed by atoms with Crippen molar-refractivity contribution >= 4 is 11.9 Å². The molecule has 0 radical (unpaired) electrons. The Morgan fingerprint density at radius 1 is 1.16 bits per heavy atom. The van der Waals surface area contributed by atoms with Gasteiger partial charge in [-0.3, -0.25) is 9.59 Å². The molecular weight excluding hydrogens is 246 g/mol. The highest BCUT2D eigenvalue weighted by Gasteiger charge is 2.03. The maximum Gasteiger partial charge on any atom is 0.305 e. The van der Waals surface area contributed by atoms with Crippen LogP contribution in [0.2, 0.25) is 0 Å². The normalized spacial score (nSPS) is 10.0. The Hall–Kier alpha value is -2.04. The summed E-state index contributed by atoms with van der Waals surface area (Å²) in [7, 11) is 0. The van der Waals surface area contributed by atoms with Crippen LogP contribution in [0.25, 0.3) is 0 Å². The van der Waals surface area contributed by atoms with Crippen LogP contribution in [0, 0.1) is 13.8 Å². The van der Waals surface area contributed by atoms with Crippen molar-refractivity contribution in [2.75, 3.05) is 13.2 Å². The Balaban J connectivity index is 2.26. The fraction of sp³-hybridized carbons (Fsp3) is 0.429. The molecule has 5 heteroatoms. The summed E-state index contributed by atoms with van der Waals surface area (Å²) in [6, 6.07) is 5.87. The molecule has 0 saturated carbocycles. The molecule has 0 aliphatic heterocycles. The van der Waals surface area contributed by atoms with Gasteiger partial charge in [-0.1, -0.05) is 6.07 Å². The quantitative estimate of drug-likeness (QED) is 0.786. The Labute approximate surface area is 112 Å². The van der Waals surface area contributed by atoms with Crippen LogP contribution in [0.1, 0.15) is 24.0 Å². The molecule has 1 rings (SSSR count). The molecule has 0 spiro atoms. The predicted octanol–water partition coefficient (Wildman–Crippen LogP) is 1.66. The zero-order valence-electron chi connectivity index (χ0n) is 11.2. The highest BCUT2D eigenvalue weighted by atomic mass is 16.5. The van der Waals surface area contributed by atoms with Crippen molar-refractivity contribution in [3.8, 4) is 5.75 Å². The van der Waals surface area contributed by atoms with Crippen LogP contribution in [-0.4, -0.2) is 30.1 Å². The van der Waals surface area contributed by atoms with Crippen LogP contribution in [0.4, 0.5) is 0 Å². The number of aryl methyl sites for hydroxylation is 2. The molecule has 0 bridgehead atoms. The van der Waals surface area contributed by atoms with Gasteiger partial charge in [0.25, 0.3) is 0 Å². The SMILES string of the molecule is Cc1cc(C)cc(OCCC(=O)NCCC(=O)O)c1. The van der Waals surface area contributed by atoms with E-state index in [0.29, 0.717) is 0 Å². The van der Waals surface area contributed by atoms with Gasteiger partial charge in [-0.15, -0.1) is 0 Å². The second kappa shape index (κ2) is 7.41. The van der Waals surface area contributed by atoms with E-state index < -0.39 is 5.97 Å². The third-order valence-corrected chi connectivity index (χ3v) is 2.45. The number of carbonyl (C=O) groups is 2. The number of rotatable bonds is 7. The number of aliphatic carboxylic acids is 1. The van der Waals surface area contributed by atoms with Gasteiger partial charge in [0.05, 0.1) is 19.4 Å². The van der Waals surface area contributed by atoms with Crippen molar-refractivity contribution in [3.63, 3.8) is 0 Å². The van der Waals surface area contributed by atoms with E-state index in [1.165, 1.54) is 0 Å². The summed E-state index contributed by atoms with van der Waals surface area (Å²) in [4.78, 5) is 21.6. The lowest BCUT2D eigenvalue weighted by atomic mass is 10.1. The number of ether oxygens (including phenoxy) is 1. The fourth-order valence-corrected chi connectivity index (χ4v) is 1.68. The maximum absolute atomic E-state index is 11.4. The monoisotopic (exact) mass is 265 g/mol. The molecule has 5 nitrogen and oxygen atoms in total. The lowest BCUT2D eigenvalue weighted by Crippen LogP contribution is -2.27. The van der Waals surface area contributed by atoms with Gasteiger partial charge in [0.2, 0.25) is 5.91 Å². The Morgan fingerprint density at radius 2 is 1.79 bits per heavy atom. The molecule has 104 valence electrons. The van der Waals surface area contributed by atoms with Crippen LogP contribution in [0.3, 0.4) is 0 Å². The van der Waals surface area contributed by atoms with Crippen molar-refractivity contribution in [1.29, 1.82) is 0 Å². The zero-order chi connectivity index (χ0) is 14.3. The molecule has 1 aromatic carbocycles. The number of carboxylic acids is 1. The van der Waals surface area contributed by atoms with Crippen LogP contribution in [-0.2, 0) is 9.59 Å². The molecule has 0 aliphatic carbocycles. The molecule has 0 aliphatic rings. The summed E-state index contributed by atoms with van der Waals surface area (Å²) >= 11 is 0. The van der Waals surface area contributed by atoms with E-state index >= 15 is 0 Å². The first kappa shape index (κ1) is 15.0. The van der Waals surface area contributed by atoms with Gasteiger partial charge in [0.1, 0.15) is 5.75 Å². The predicted molar refractivity (Wildman–Crippen MR) is 71.3 cm³/mol. The third kappa shape index (κ3) is 6.45. The van der Waals surface area contributed by atoms with Crippen molar-refractivity contribution in [3.05, 3.63) is 29.3 Å². The largest absolute Gasteiger partial charge is 0.493 e. The molecule has 1 amide bonds. The molecule has 0 unspecified atom stereocenters. The van der Waals surface area contributed by atoms with Crippen molar-refractivity contribution < 1.29 is 19.4 Å².